The van der Waals surface area contributed by atoms with Gasteiger partial charge in [0.25, 0.3) is 0 Å². The van der Waals surface area contributed by atoms with Gasteiger partial charge in [-0.25, -0.2) is 9.78 Å². The first-order valence-corrected chi connectivity index (χ1v) is 6.80. The van der Waals surface area contributed by atoms with E-state index in [1.807, 2.05) is 0 Å². The van der Waals surface area contributed by atoms with Crippen molar-refractivity contribution >= 4 is 28.6 Å². The summed E-state index contributed by atoms with van der Waals surface area (Å²) >= 11 is 0. The van der Waals surface area contributed by atoms with Gasteiger partial charge in [-0.2, -0.15) is 0 Å². The van der Waals surface area contributed by atoms with Crippen molar-refractivity contribution in [3.63, 3.8) is 0 Å². The van der Waals surface area contributed by atoms with Crippen LogP contribution < -0.4 is 10.6 Å². The van der Waals surface area contributed by atoms with Gasteiger partial charge >= 0.3 is 5.97 Å². The second-order valence-corrected chi connectivity index (χ2v) is 5.07. The van der Waals surface area contributed by atoms with Gasteiger partial charge in [0.05, 0.1) is 17.6 Å². The van der Waals surface area contributed by atoms with Gasteiger partial charge < -0.3 is 15.7 Å². The highest BCUT2D eigenvalue weighted by molar-refractivity contribution is 6.02. The standard InChI is InChI=1S/C15H15N3O3/c19-14(17-9-4-5-9)8-16-13-7-6-10-11(15(20)21)2-1-3-12(10)18-13/h1-3,6-7,9H,4-5,8H2,(H,16,18)(H,17,19)(H,20,21). The third kappa shape index (κ3) is 3.10. The van der Waals surface area contributed by atoms with Crippen molar-refractivity contribution in [3.8, 4) is 0 Å². The highest BCUT2D eigenvalue weighted by atomic mass is 16.4. The lowest BCUT2D eigenvalue weighted by atomic mass is 10.1. The van der Waals surface area contributed by atoms with Gasteiger partial charge in [0.15, 0.2) is 0 Å². The van der Waals surface area contributed by atoms with Crippen molar-refractivity contribution in [1.82, 2.24) is 10.3 Å². The Hall–Kier alpha value is -2.63. The molecule has 108 valence electrons. The summed E-state index contributed by atoms with van der Waals surface area (Å²) in [6, 6.07) is 8.66. The molecule has 0 aliphatic heterocycles. The average Bonchev–Trinajstić information content (AvgIpc) is 3.28. The molecule has 1 heterocycles. The third-order valence-corrected chi connectivity index (χ3v) is 3.33. The fourth-order valence-corrected chi connectivity index (χ4v) is 2.12. The van der Waals surface area contributed by atoms with E-state index in [2.05, 4.69) is 15.6 Å². The predicted molar refractivity (Wildman–Crippen MR) is 78.4 cm³/mol. The summed E-state index contributed by atoms with van der Waals surface area (Å²) in [5.74, 6) is -0.485. The van der Waals surface area contributed by atoms with E-state index in [1.165, 1.54) is 0 Å². The van der Waals surface area contributed by atoms with E-state index in [4.69, 9.17) is 5.11 Å². The molecule has 0 spiro atoms. The summed E-state index contributed by atoms with van der Waals surface area (Å²) in [6.45, 7) is 0.160. The van der Waals surface area contributed by atoms with E-state index in [0.717, 1.165) is 12.8 Å². The Bertz CT molecular complexity index is 710. The smallest absolute Gasteiger partial charge is 0.336 e. The molecule has 1 aliphatic rings. The number of carboxylic acids is 1. The number of hydrogen-bond acceptors (Lipinski definition) is 4. The molecule has 1 aliphatic carbocycles. The molecule has 0 unspecified atom stereocenters. The lowest BCUT2D eigenvalue weighted by Gasteiger charge is -2.08. The van der Waals surface area contributed by atoms with Crippen molar-refractivity contribution in [3.05, 3.63) is 35.9 Å². The number of carboxylic acid groups (broad SMARTS) is 1. The molecule has 6 nitrogen and oxygen atoms in total. The summed E-state index contributed by atoms with van der Waals surface area (Å²) < 4.78 is 0. The van der Waals surface area contributed by atoms with Crippen molar-refractivity contribution < 1.29 is 14.7 Å². The SMILES string of the molecule is O=C(CNc1ccc2c(C(=O)O)cccc2n1)NC1CC1. The number of hydrogen-bond donors (Lipinski definition) is 3. The fourth-order valence-electron chi connectivity index (χ4n) is 2.12. The van der Waals surface area contributed by atoms with Crippen LogP contribution in [0.3, 0.4) is 0 Å². The van der Waals surface area contributed by atoms with Crippen LogP contribution in [0.2, 0.25) is 0 Å². The summed E-state index contributed by atoms with van der Waals surface area (Å²) in [4.78, 5) is 27.1. The van der Waals surface area contributed by atoms with Crippen molar-refractivity contribution in [1.29, 1.82) is 0 Å². The van der Waals surface area contributed by atoms with Gasteiger partial charge in [0, 0.05) is 11.4 Å². The molecule has 0 bridgehead atoms. The number of rotatable bonds is 5. The molecule has 0 radical (unpaired) electrons. The minimum absolute atomic E-state index is 0.0568. The molecule has 3 N–H and O–H groups in total. The zero-order chi connectivity index (χ0) is 14.8. The number of aromatic nitrogens is 1. The number of aromatic carboxylic acids is 1. The minimum Gasteiger partial charge on any atom is -0.478 e. The maximum atomic E-state index is 11.6. The molecule has 21 heavy (non-hydrogen) atoms. The van der Waals surface area contributed by atoms with E-state index in [-0.39, 0.29) is 18.0 Å². The number of anilines is 1. The molecule has 1 aromatic carbocycles. The number of nitrogens with one attached hydrogen (secondary N) is 2. The number of amides is 1. The number of fused-ring (bicyclic) bond motifs is 1. The van der Waals surface area contributed by atoms with Crippen LogP contribution >= 0.6 is 0 Å². The molecule has 1 saturated carbocycles. The van der Waals surface area contributed by atoms with Gasteiger partial charge in [-0.1, -0.05) is 6.07 Å². The lowest BCUT2D eigenvalue weighted by Crippen LogP contribution is -2.31. The summed E-state index contributed by atoms with van der Waals surface area (Å²) in [5, 5.41) is 15.5. The maximum Gasteiger partial charge on any atom is 0.336 e. The van der Waals surface area contributed by atoms with Crippen molar-refractivity contribution in [2.24, 2.45) is 0 Å². The summed E-state index contributed by atoms with van der Waals surface area (Å²) in [5.41, 5.74) is 0.806. The van der Waals surface area contributed by atoms with Gasteiger partial charge in [-0.05, 0) is 37.1 Å². The Labute approximate surface area is 121 Å². The molecule has 0 atom stereocenters. The summed E-state index contributed by atoms with van der Waals surface area (Å²) in [7, 11) is 0. The van der Waals surface area contributed by atoms with Crippen molar-refractivity contribution in [2.75, 3.05) is 11.9 Å². The predicted octanol–water partition coefficient (Wildman–Crippen LogP) is 1.62. The maximum absolute atomic E-state index is 11.6. The first-order chi connectivity index (χ1) is 10.1. The van der Waals surface area contributed by atoms with Gasteiger partial charge in [-0.3, -0.25) is 4.79 Å². The number of benzene rings is 1. The van der Waals surface area contributed by atoms with Crippen LogP contribution in [0, 0.1) is 0 Å². The largest absolute Gasteiger partial charge is 0.478 e. The monoisotopic (exact) mass is 285 g/mol. The third-order valence-electron chi connectivity index (χ3n) is 3.33. The molecule has 6 heteroatoms. The first-order valence-electron chi connectivity index (χ1n) is 6.80. The number of carbonyl (C=O) groups is 2. The van der Waals surface area contributed by atoms with Crippen LogP contribution in [-0.4, -0.2) is 34.6 Å². The Morgan fingerprint density at radius 2 is 2.05 bits per heavy atom. The fraction of sp³-hybridized carbons (Fsp3) is 0.267. The quantitative estimate of drug-likeness (QED) is 0.776. The zero-order valence-electron chi connectivity index (χ0n) is 11.3. The van der Waals surface area contributed by atoms with Gasteiger partial charge in [0.1, 0.15) is 5.82 Å². The van der Waals surface area contributed by atoms with Crippen LogP contribution in [0.25, 0.3) is 10.9 Å². The lowest BCUT2D eigenvalue weighted by molar-refractivity contribution is -0.119. The van der Waals surface area contributed by atoms with E-state index in [9.17, 15) is 9.59 Å². The van der Waals surface area contributed by atoms with E-state index < -0.39 is 5.97 Å². The molecule has 1 fully saturated rings. The molecule has 0 saturated heterocycles. The van der Waals surface area contributed by atoms with Gasteiger partial charge in [-0.15, -0.1) is 0 Å². The van der Waals surface area contributed by atoms with Crippen LogP contribution in [0.1, 0.15) is 23.2 Å². The highest BCUT2D eigenvalue weighted by Crippen LogP contribution is 2.20. The number of nitrogens with zero attached hydrogens (tertiary/aromatic N) is 1. The zero-order valence-corrected chi connectivity index (χ0v) is 11.3. The molecule has 3 rings (SSSR count). The Balaban J connectivity index is 1.74. The van der Waals surface area contributed by atoms with Crippen LogP contribution in [-0.2, 0) is 4.79 Å². The topological polar surface area (TPSA) is 91.3 Å². The molecule has 1 aromatic heterocycles. The second kappa shape index (κ2) is 5.40. The Kier molecular flexibility index (Phi) is 3.43. The van der Waals surface area contributed by atoms with E-state index >= 15 is 0 Å². The summed E-state index contributed by atoms with van der Waals surface area (Å²) in [6.07, 6.45) is 2.11. The minimum atomic E-state index is -0.980. The molecule has 2 aromatic rings. The molecular weight excluding hydrogens is 270 g/mol. The normalized spacial score (nSPS) is 13.9. The van der Waals surface area contributed by atoms with Crippen LogP contribution in [0.15, 0.2) is 30.3 Å². The number of carbonyl (C=O) groups excluding carboxylic acids is 1. The van der Waals surface area contributed by atoms with Crippen molar-refractivity contribution in [2.45, 2.75) is 18.9 Å². The molecule has 1 amide bonds. The Morgan fingerprint density at radius 3 is 2.76 bits per heavy atom. The highest BCUT2D eigenvalue weighted by Gasteiger charge is 2.22. The Morgan fingerprint density at radius 1 is 1.24 bits per heavy atom. The van der Waals surface area contributed by atoms with E-state index in [1.54, 1.807) is 30.3 Å². The van der Waals surface area contributed by atoms with Crippen LogP contribution in [0.4, 0.5) is 5.82 Å². The second-order valence-electron chi connectivity index (χ2n) is 5.07. The van der Waals surface area contributed by atoms with Gasteiger partial charge in [0.2, 0.25) is 5.91 Å². The number of pyridine rings is 1. The van der Waals surface area contributed by atoms with Crippen LogP contribution in [0.5, 0.6) is 0 Å². The first kappa shape index (κ1) is 13.4. The van der Waals surface area contributed by atoms with E-state index in [0.29, 0.717) is 22.8 Å². The average molecular weight is 285 g/mol. The molecular formula is C15H15N3O3.